The van der Waals surface area contributed by atoms with Crippen molar-refractivity contribution in [1.82, 2.24) is 9.47 Å². The van der Waals surface area contributed by atoms with Gasteiger partial charge in [-0.25, -0.2) is 0 Å². The van der Waals surface area contributed by atoms with Crippen molar-refractivity contribution in [1.29, 1.82) is 0 Å². The van der Waals surface area contributed by atoms with Crippen molar-refractivity contribution in [2.45, 2.75) is 19.8 Å². The maximum absolute atomic E-state index is 12.8. The van der Waals surface area contributed by atoms with Crippen molar-refractivity contribution >= 4 is 52.1 Å². The quantitative estimate of drug-likeness (QED) is 0.342. The smallest absolute Gasteiger partial charge is 0.309 e. The van der Waals surface area contributed by atoms with Gasteiger partial charge in [0.2, 0.25) is 5.91 Å². The van der Waals surface area contributed by atoms with Crippen LogP contribution >= 0.6 is 23.2 Å². The molecule has 2 aromatic carbocycles. The SMILES string of the molecule is CCOC(=O)C1CCN(C(=O)/C=C/c2c(-c3ccc4c(ccn4C)c3)c[c]c(Cl)c2Cl)CC1. The van der Waals surface area contributed by atoms with E-state index in [1.54, 1.807) is 24.0 Å². The molecule has 1 aliphatic heterocycles. The van der Waals surface area contributed by atoms with Gasteiger partial charge < -0.3 is 14.2 Å². The molecule has 1 radical (unpaired) electrons. The number of fused-ring (bicyclic) bond motifs is 1. The number of likely N-dealkylation sites (tertiary alicyclic amines) is 1. The first-order valence-corrected chi connectivity index (χ1v) is 11.7. The Morgan fingerprint density at radius 1 is 1.21 bits per heavy atom. The Kier molecular flexibility index (Phi) is 7.11. The largest absolute Gasteiger partial charge is 0.466 e. The van der Waals surface area contributed by atoms with Gasteiger partial charge in [-0.1, -0.05) is 29.3 Å². The van der Waals surface area contributed by atoms with Crippen molar-refractivity contribution < 1.29 is 14.3 Å². The van der Waals surface area contributed by atoms with Gasteiger partial charge >= 0.3 is 5.97 Å². The minimum atomic E-state index is -0.179. The molecule has 7 heteroatoms. The number of halogens is 2. The number of esters is 1. The van der Waals surface area contributed by atoms with E-state index in [1.807, 2.05) is 19.3 Å². The van der Waals surface area contributed by atoms with Gasteiger partial charge in [-0.15, -0.1) is 0 Å². The van der Waals surface area contributed by atoms with E-state index >= 15 is 0 Å². The molecule has 1 aliphatic rings. The van der Waals surface area contributed by atoms with Gasteiger partial charge in [0.1, 0.15) is 0 Å². The summed E-state index contributed by atoms with van der Waals surface area (Å²) < 4.78 is 7.16. The Morgan fingerprint density at radius 3 is 2.70 bits per heavy atom. The summed E-state index contributed by atoms with van der Waals surface area (Å²) in [7, 11) is 2.00. The van der Waals surface area contributed by atoms with Crippen LogP contribution in [0, 0.1) is 12.0 Å². The lowest BCUT2D eigenvalue weighted by Gasteiger charge is -2.30. The molecular weight excluding hydrogens is 459 g/mol. The van der Waals surface area contributed by atoms with Gasteiger partial charge in [-0.3, -0.25) is 9.59 Å². The minimum absolute atomic E-state index is 0.123. The third kappa shape index (κ3) is 4.94. The summed E-state index contributed by atoms with van der Waals surface area (Å²) in [5.74, 6) is -0.445. The van der Waals surface area contributed by atoms with E-state index in [4.69, 9.17) is 27.9 Å². The molecule has 0 unspecified atom stereocenters. The summed E-state index contributed by atoms with van der Waals surface area (Å²) >= 11 is 12.8. The summed E-state index contributed by atoms with van der Waals surface area (Å²) in [6.45, 7) is 3.20. The number of rotatable bonds is 5. The molecule has 33 heavy (non-hydrogen) atoms. The van der Waals surface area contributed by atoms with Gasteiger partial charge in [-0.05, 0) is 61.2 Å². The zero-order valence-electron chi connectivity index (χ0n) is 18.6. The first-order chi connectivity index (χ1) is 15.9. The summed E-state index contributed by atoms with van der Waals surface area (Å²) in [5.41, 5.74) is 3.61. The van der Waals surface area contributed by atoms with Crippen molar-refractivity contribution in [3.8, 4) is 11.1 Å². The number of hydrogen-bond acceptors (Lipinski definition) is 3. The first-order valence-electron chi connectivity index (χ1n) is 11.0. The van der Waals surface area contributed by atoms with Crippen LogP contribution in [-0.4, -0.2) is 41.0 Å². The Labute approximate surface area is 203 Å². The molecule has 1 aromatic heterocycles. The fourth-order valence-corrected chi connectivity index (χ4v) is 4.60. The lowest BCUT2D eigenvalue weighted by molar-refractivity contribution is -0.150. The maximum Gasteiger partial charge on any atom is 0.309 e. The number of aromatic nitrogens is 1. The molecule has 171 valence electrons. The predicted molar refractivity (Wildman–Crippen MR) is 132 cm³/mol. The summed E-state index contributed by atoms with van der Waals surface area (Å²) in [6, 6.07) is 13.0. The molecule has 0 spiro atoms. The molecule has 0 N–H and O–H groups in total. The monoisotopic (exact) mass is 483 g/mol. The molecular formula is C26H25Cl2N2O3. The van der Waals surface area contributed by atoms with Crippen LogP contribution in [0.15, 0.2) is 42.6 Å². The third-order valence-corrected chi connectivity index (χ3v) is 6.87. The van der Waals surface area contributed by atoms with Crippen LogP contribution < -0.4 is 0 Å². The van der Waals surface area contributed by atoms with Gasteiger partial charge in [0.25, 0.3) is 0 Å². The second-order valence-corrected chi connectivity index (χ2v) is 8.89. The lowest BCUT2D eigenvalue weighted by atomic mass is 9.96. The van der Waals surface area contributed by atoms with Crippen LogP contribution in [-0.2, 0) is 21.4 Å². The van der Waals surface area contributed by atoms with E-state index < -0.39 is 0 Å². The van der Waals surface area contributed by atoms with Gasteiger partial charge in [-0.2, -0.15) is 0 Å². The number of hydrogen-bond donors (Lipinski definition) is 0. The van der Waals surface area contributed by atoms with Crippen molar-refractivity contribution in [2.75, 3.05) is 19.7 Å². The van der Waals surface area contributed by atoms with Crippen molar-refractivity contribution in [3.05, 3.63) is 64.3 Å². The second-order valence-electron chi connectivity index (χ2n) is 8.13. The highest BCUT2D eigenvalue weighted by molar-refractivity contribution is 6.43. The fourth-order valence-electron chi connectivity index (χ4n) is 4.22. The third-order valence-electron chi connectivity index (χ3n) is 6.08. The normalized spacial score (nSPS) is 14.8. The zero-order valence-corrected chi connectivity index (χ0v) is 20.1. The Hall–Kier alpha value is -2.76. The van der Waals surface area contributed by atoms with E-state index in [-0.39, 0.29) is 17.8 Å². The average molecular weight is 484 g/mol. The highest BCUT2D eigenvalue weighted by atomic mass is 35.5. The van der Waals surface area contributed by atoms with Gasteiger partial charge in [0, 0.05) is 54.9 Å². The molecule has 0 bridgehead atoms. The Bertz CT molecular complexity index is 1220. The van der Waals surface area contributed by atoms with Crippen LogP contribution in [0.1, 0.15) is 25.3 Å². The Morgan fingerprint density at radius 2 is 1.97 bits per heavy atom. The highest BCUT2D eigenvalue weighted by Crippen LogP contribution is 2.36. The van der Waals surface area contributed by atoms with E-state index in [2.05, 4.69) is 28.8 Å². The van der Waals surface area contributed by atoms with Crippen LogP contribution in [0.3, 0.4) is 0 Å². The predicted octanol–water partition coefficient (Wildman–Crippen LogP) is 5.77. The fraction of sp³-hybridized carbons (Fsp3) is 0.308. The topological polar surface area (TPSA) is 51.5 Å². The lowest BCUT2D eigenvalue weighted by Crippen LogP contribution is -2.39. The van der Waals surface area contributed by atoms with E-state index in [0.717, 1.165) is 22.0 Å². The van der Waals surface area contributed by atoms with Crippen LogP contribution in [0.5, 0.6) is 0 Å². The number of amides is 1. The number of nitrogens with zero attached hydrogens (tertiary/aromatic N) is 2. The van der Waals surface area contributed by atoms with Crippen LogP contribution in [0.4, 0.5) is 0 Å². The molecule has 1 amide bonds. The number of ether oxygens (including phenoxy) is 1. The molecule has 3 aromatic rings. The molecule has 0 saturated carbocycles. The molecule has 5 nitrogen and oxygen atoms in total. The Balaban J connectivity index is 1.55. The summed E-state index contributed by atoms with van der Waals surface area (Å²) in [5, 5.41) is 1.77. The standard InChI is InChI=1S/C26H25Cl2N2O3/c1-3-33-26(32)17-11-14-30(15-12-17)24(31)9-6-21-20(5-7-22(27)25(21)28)18-4-8-23-19(16-18)10-13-29(23)2/h4-6,8-10,13,16-17H,3,11-12,14-15H2,1-2H3/b9-6+. The van der Waals surface area contributed by atoms with Crippen molar-refractivity contribution in [3.63, 3.8) is 0 Å². The minimum Gasteiger partial charge on any atom is -0.466 e. The number of aryl methyl sites for hydroxylation is 1. The van der Waals surface area contributed by atoms with Gasteiger partial charge in [0.05, 0.1) is 22.6 Å². The van der Waals surface area contributed by atoms with E-state index in [1.165, 1.54) is 6.08 Å². The number of carbonyl (C=O) groups excluding carboxylic acids is 2. The van der Waals surface area contributed by atoms with Crippen LogP contribution in [0.25, 0.3) is 28.1 Å². The number of piperidine rings is 1. The summed E-state index contributed by atoms with van der Waals surface area (Å²) in [4.78, 5) is 26.5. The molecule has 0 atom stereocenters. The molecule has 0 aliphatic carbocycles. The highest BCUT2D eigenvalue weighted by Gasteiger charge is 2.27. The van der Waals surface area contributed by atoms with E-state index in [9.17, 15) is 9.59 Å². The van der Waals surface area contributed by atoms with E-state index in [0.29, 0.717) is 48.1 Å². The van der Waals surface area contributed by atoms with Crippen molar-refractivity contribution in [2.24, 2.45) is 13.0 Å². The molecule has 4 rings (SSSR count). The molecule has 1 fully saturated rings. The second kappa shape index (κ2) is 10.0. The molecule has 2 heterocycles. The van der Waals surface area contributed by atoms with Gasteiger partial charge in [0.15, 0.2) is 0 Å². The average Bonchev–Trinajstić information content (AvgIpc) is 3.20. The first kappa shape index (κ1) is 23.4. The summed E-state index contributed by atoms with van der Waals surface area (Å²) in [6.07, 6.45) is 6.46. The maximum atomic E-state index is 12.8. The number of benzene rings is 2. The number of carbonyl (C=O) groups is 2. The van der Waals surface area contributed by atoms with Crippen LogP contribution in [0.2, 0.25) is 10.0 Å². The molecule has 1 saturated heterocycles. The zero-order chi connectivity index (χ0) is 23.5.